The van der Waals surface area contributed by atoms with E-state index in [9.17, 15) is 4.79 Å². The second kappa shape index (κ2) is 6.97. The average Bonchev–Trinajstić information content (AvgIpc) is 2.89. The molecule has 20 heavy (non-hydrogen) atoms. The van der Waals surface area contributed by atoms with Crippen molar-refractivity contribution in [2.75, 3.05) is 19.7 Å². The molecule has 1 aromatic rings. The lowest BCUT2D eigenvalue weighted by molar-refractivity contribution is 0.166. The number of carbonyl (C=O) groups excluding carboxylic acids is 1. The summed E-state index contributed by atoms with van der Waals surface area (Å²) < 4.78 is 0. The Morgan fingerprint density at radius 1 is 1.50 bits per heavy atom. The molecule has 106 valence electrons. The third-order valence-electron chi connectivity index (χ3n) is 3.64. The lowest BCUT2D eigenvalue weighted by Crippen LogP contribution is -2.42. The molecule has 1 aromatic carbocycles. The summed E-state index contributed by atoms with van der Waals surface area (Å²) in [5.74, 6) is 2.41. The number of hydrogen-bond donors (Lipinski definition) is 2. The predicted molar refractivity (Wildman–Crippen MR) is 78.1 cm³/mol. The van der Waals surface area contributed by atoms with Gasteiger partial charge in [0.25, 0.3) is 0 Å². The van der Waals surface area contributed by atoms with Crippen molar-refractivity contribution in [1.29, 1.82) is 0 Å². The van der Waals surface area contributed by atoms with Crippen LogP contribution in [0.3, 0.4) is 0 Å². The number of fused-ring (bicyclic) bond motifs is 1. The number of terminal acetylenes is 1. The van der Waals surface area contributed by atoms with Gasteiger partial charge in [0.1, 0.15) is 0 Å². The first kappa shape index (κ1) is 14.4. The van der Waals surface area contributed by atoms with Gasteiger partial charge >= 0.3 is 6.03 Å². The molecule has 0 aliphatic heterocycles. The van der Waals surface area contributed by atoms with Crippen molar-refractivity contribution in [2.24, 2.45) is 0 Å². The topological polar surface area (TPSA) is 52.6 Å². The highest BCUT2D eigenvalue weighted by Gasteiger charge is 2.30. The molecule has 0 radical (unpaired) electrons. The standard InChI is InChI=1S/C16H20N2O2/c1-2-10-17-16(20)18(11-5-12-19)15-9-8-13-6-3-4-7-14(13)15/h1,3-4,6-7,15,19H,5,8-12H2,(H,17,20). The van der Waals surface area contributed by atoms with Crippen molar-refractivity contribution in [3.63, 3.8) is 0 Å². The number of urea groups is 1. The summed E-state index contributed by atoms with van der Waals surface area (Å²) in [4.78, 5) is 14.0. The Kier molecular flexibility index (Phi) is 5.03. The van der Waals surface area contributed by atoms with Crippen LogP contribution in [0.5, 0.6) is 0 Å². The van der Waals surface area contributed by atoms with E-state index in [1.54, 1.807) is 4.90 Å². The van der Waals surface area contributed by atoms with Gasteiger partial charge in [0.2, 0.25) is 0 Å². The number of rotatable bonds is 5. The highest BCUT2D eigenvalue weighted by atomic mass is 16.3. The molecule has 1 atom stereocenters. The molecule has 4 heteroatoms. The third-order valence-corrected chi connectivity index (χ3v) is 3.64. The maximum Gasteiger partial charge on any atom is 0.318 e. The lowest BCUT2D eigenvalue weighted by Gasteiger charge is -2.29. The molecule has 0 saturated carbocycles. The number of carbonyl (C=O) groups is 1. The van der Waals surface area contributed by atoms with Crippen molar-refractivity contribution < 1.29 is 9.90 Å². The minimum atomic E-state index is -0.155. The average molecular weight is 272 g/mol. The molecule has 4 nitrogen and oxygen atoms in total. The van der Waals surface area contributed by atoms with Crippen molar-refractivity contribution in [2.45, 2.75) is 25.3 Å². The van der Waals surface area contributed by atoms with E-state index in [0.717, 1.165) is 12.8 Å². The number of aliphatic hydroxyl groups excluding tert-OH is 1. The highest BCUT2D eigenvalue weighted by Crippen LogP contribution is 2.35. The molecule has 2 rings (SSSR count). The SMILES string of the molecule is C#CCNC(=O)N(CCCO)C1CCc2ccccc21. The minimum Gasteiger partial charge on any atom is -0.396 e. The van der Waals surface area contributed by atoms with Crippen LogP contribution in [-0.4, -0.2) is 35.7 Å². The largest absolute Gasteiger partial charge is 0.396 e. The molecule has 0 fully saturated rings. The molecule has 0 spiro atoms. The van der Waals surface area contributed by atoms with E-state index < -0.39 is 0 Å². The van der Waals surface area contributed by atoms with E-state index >= 15 is 0 Å². The van der Waals surface area contributed by atoms with Gasteiger partial charge < -0.3 is 15.3 Å². The number of aliphatic hydroxyl groups is 1. The van der Waals surface area contributed by atoms with Crippen LogP contribution in [0.1, 0.15) is 30.0 Å². The first-order valence-electron chi connectivity index (χ1n) is 6.94. The van der Waals surface area contributed by atoms with Crippen LogP contribution >= 0.6 is 0 Å². The van der Waals surface area contributed by atoms with Gasteiger partial charge in [0.05, 0.1) is 12.6 Å². The van der Waals surface area contributed by atoms with Crippen molar-refractivity contribution in [1.82, 2.24) is 10.2 Å². The molecule has 1 unspecified atom stereocenters. The maximum atomic E-state index is 12.2. The summed E-state index contributed by atoms with van der Waals surface area (Å²) in [6.07, 6.45) is 7.67. The molecule has 2 amide bonds. The summed E-state index contributed by atoms with van der Waals surface area (Å²) >= 11 is 0. The zero-order valence-corrected chi connectivity index (χ0v) is 11.5. The van der Waals surface area contributed by atoms with Gasteiger partial charge in [-0.15, -0.1) is 6.42 Å². The molecule has 2 N–H and O–H groups in total. The van der Waals surface area contributed by atoms with E-state index in [4.69, 9.17) is 11.5 Å². The first-order valence-corrected chi connectivity index (χ1v) is 6.94. The van der Waals surface area contributed by atoms with E-state index in [-0.39, 0.29) is 25.2 Å². The van der Waals surface area contributed by atoms with Crippen molar-refractivity contribution in [3.8, 4) is 12.3 Å². The second-order valence-electron chi connectivity index (χ2n) is 4.89. The Morgan fingerprint density at radius 2 is 2.30 bits per heavy atom. The molecule has 1 aliphatic rings. The molecule has 1 aliphatic carbocycles. The van der Waals surface area contributed by atoms with E-state index in [1.807, 2.05) is 12.1 Å². The van der Waals surface area contributed by atoms with E-state index in [1.165, 1.54) is 11.1 Å². The number of nitrogens with one attached hydrogen (secondary N) is 1. The van der Waals surface area contributed by atoms with Crippen LogP contribution < -0.4 is 5.32 Å². The first-order chi connectivity index (χ1) is 9.77. The van der Waals surface area contributed by atoms with E-state index in [0.29, 0.717) is 13.0 Å². The van der Waals surface area contributed by atoms with Gasteiger partial charge in [-0.3, -0.25) is 0 Å². The van der Waals surface area contributed by atoms with Gasteiger partial charge in [0, 0.05) is 13.2 Å². The Balaban J connectivity index is 2.15. The number of aryl methyl sites for hydroxylation is 1. The fourth-order valence-electron chi connectivity index (χ4n) is 2.73. The third kappa shape index (κ3) is 3.12. The Morgan fingerprint density at radius 3 is 3.05 bits per heavy atom. The summed E-state index contributed by atoms with van der Waals surface area (Å²) in [7, 11) is 0. The molecule has 0 saturated heterocycles. The van der Waals surface area contributed by atoms with Gasteiger partial charge in [-0.25, -0.2) is 4.79 Å². The molecular formula is C16H20N2O2. The summed E-state index contributed by atoms with van der Waals surface area (Å²) in [6, 6.07) is 8.14. The summed E-state index contributed by atoms with van der Waals surface area (Å²) in [6.45, 7) is 0.835. The zero-order valence-electron chi connectivity index (χ0n) is 11.5. The van der Waals surface area contributed by atoms with E-state index in [2.05, 4.69) is 23.4 Å². The smallest absolute Gasteiger partial charge is 0.318 e. The monoisotopic (exact) mass is 272 g/mol. The minimum absolute atomic E-state index is 0.0767. The zero-order chi connectivity index (χ0) is 14.4. The molecule has 0 bridgehead atoms. The highest BCUT2D eigenvalue weighted by molar-refractivity contribution is 5.75. The number of nitrogens with zero attached hydrogens (tertiary/aromatic N) is 1. The van der Waals surface area contributed by atoms with Crippen molar-refractivity contribution >= 4 is 6.03 Å². The van der Waals surface area contributed by atoms with Gasteiger partial charge in [-0.05, 0) is 30.4 Å². The van der Waals surface area contributed by atoms with Crippen LogP contribution in [0.4, 0.5) is 4.79 Å². The Labute approximate surface area is 119 Å². The van der Waals surface area contributed by atoms with Crippen LogP contribution in [0.15, 0.2) is 24.3 Å². The lowest BCUT2D eigenvalue weighted by atomic mass is 10.1. The van der Waals surface area contributed by atoms with Gasteiger partial charge in [-0.2, -0.15) is 0 Å². The summed E-state index contributed by atoms with van der Waals surface area (Å²) in [5, 5.41) is 11.7. The van der Waals surface area contributed by atoms with Crippen LogP contribution in [0.25, 0.3) is 0 Å². The Bertz CT molecular complexity index is 507. The number of amides is 2. The molecule has 0 aromatic heterocycles. The fourth-order valence-corrected chi connectivity index (χ4v) is 2.73. The Hall–Kier alpha value is -1.99. The number of hydrogen-bond acceptors (Lipinski definition) is 2. The summed E-state index contributed by atoms with van der Waals surface area (Å²) in [5.41, 5.74) is 2.51. The number of benzene rings is 1. The molecule has 0 heterocycles. The van der Waals surface area contributed by atoms with Crippen molar-refractivity contribution in [3.05, 3.63) is 35.4 Å². The fraction of sp³-hybridized carbons (Fsp3) is 0.438. The predicted octanol–water partition coefficient (Wildman–Crippen LogP) is 1.70. The van der Waals surface area contributed by atoms with Crippen LogP contribution in [-0.2, 0) is 6.42 Å². The maximum absolute atomic E-state index is 12.2. The van der Waals surface area contributed by atoms with Gasteiger partial charge in [0.15, 0.2) is 0 Å². The van der Waals surface area contributed by atoms with Gasteiger partial charge in [-0.1, -0.05) is 30.2 Å². The van der Waals surface area contributed by atoms with Crippen LogP contribution in [0, 0.1) is 12.3 Å². The quantitative estimate of drug-likeness (QED) is 0.802. The molecular weight excluding hydrogens is 252 g/mol. The van der Waals surface area contributed by atoms with Crippen LogP contribution in [0.2, 0.25) is 0 Å². The normalized spacial score (nSPS) is 16.3. The second-order valence-corrected chi connectivity index (χ2v) is 4.89.